The Morgan fingerprint density at radius 3 is 2.86 bits per heavy atom. The van der Waals surface area contributed by atoms with Crippen molar-refractivity contribution in [2.75, 3.05) is 31.1 Å². The number of nitrogens with one attached hydrogen (secondary N) is 1. The van der Waals surface area contributed by atoms with E-state index >= 15 is 0 Å². The van der Waals surface area contributed by atoms with E-state index in [1.54, 1.807) is 23.4 Å². The number of nitrogens with zero attached hydrogens (tertiary/aromatic N) is 3. The van der Waals surface area contributed by atoms with Crippen molar-refractivity contribution in [2.24, 2.45) is 11.7 Å². The normalized spacial score (nSPS) is 17.0. The molecule has 3 heterocycles. The lowest BCUT2D eigenvalue weighted by atomic mass is 10.0. The van der Waals surface area contributed by atoms with Gasteiger partial charge in [-0.2, -0.15) is 0 Å². The number of aromatic amines is 1. The second-order valence-corrected chi connectivity index (χ2v) is 7.45. The number of carbonyl (C=O) groups is 1. The summed E-state index contributed by atoms with van der Waals surface area (Å²) in [6.07, 6.45) is 9.03. The van der Waals surface area contributed by atoms with E-state index in [0.29, 0.717) is 31.2 Å². The van der Waals surface area contributed by atoms with Crippen LogP contribution in [0.15, 0.2) is 53.6 Å². The lowest BCUT2D eigenvalue weighted by molar-refractivity contribution is -0.130. The van der Waals surface area contributed by atoms with E-state index in [1.807, 2.05) is 24.3 Å². The zero-order chi connectivity index (χ0) is 19.5. The molecular weight excluding hydrogens is 354 g/mol. The molecule has 3 N–H and O–H groups in total. The van der Waals surface area contributed by atoms with Crippen LogP contribution in [-0.2, 0) is 4.79 Å². The first-order valence-electron chi connectivity index (χ1n) is 9.72. The molecule has 146 valence electrons. The average molecular weight is 379 g/mol. The Morgan fingerprint density at radius 1 is 1.36 bits per heavy atom. The summed E-state index contributed by atoms with van der Waals surface area (Å²) < 4.78 is 0. The maximum atomic E-state index is 12.6. The van der Waals surface area contributed by atoms with Crippen LogP contribution in [0.25, 0.3) is 11.3 Å². The van der Waals surface area contributed by atoms with Crippen molar-refractivity contribution in [1.82, 2.24) is 14.9 Å². The zero-order valence-electron chi connectivity index (χ0n) is 15.8. The number of carbonyl (C=O) groups excluding carboxylic acids is 1. The highest BCUT2D eigenvalue weighted by molar-refractivity contribution is 5.88. The lowest BCUT2D eigenvalue weighted by Crippen LogP contribution is -2.62. The summed E-state index contributed by atoms with van der Waals surface area (Å²) in [5.41, 5.74) is 7.68. The molecule has 4 rings (SSSR count). The summed E-state index contributed by atoms with van der Waals surface area (Å²) in [6.45, 7) is 2.44. The highest BCUT2D eigenvalue weighted by Crippen LogP contribution is 2.33. The van der Waals surface area contributed by atoms with Gasteiger partial charge in [-0.1, -0.05) is 12.1 Å². The fourth-order valence-electron chi connectivity index (χ4n) is 3.50. The second-order valence-electron chi connectivity index (χ2n) is 7.45. The topological polar surface area (TPSA) is 95.3 Å². The molecule has 0 bridgehead atoms. The third-order valence-corrected chi connectivity index (χ3v) is 5.32. The van der Waals surface area contributed by atoms with Crippen LogP contribution in [0.1, 0.15) is 12.8 Å². The van der Waals surface area contributed by atoms with Crippen LogP contribution in [0.3, 0.4) is 0 Å². The van der Waals surface area contributed by atoms with Crippen LogP contribution in [0.5, 0.6) is 0 Å². The van der Waals surface area contributed by atoms with Gasteiger partial charge in [0.05, 0.1) is 11.7 Å². The molecule has 2 aromatic rings. The van der Waals surface area contributed by atoms with Crippen molar-refractivity contribution in [1.29, 1.82) is 0 Å². The molecule has 2 fully saturated rings. The lowest BCUT2D eigenvalue weighted by Gasteiger charge is -2.46. The van der Waals surface area contributed by atoms with Crippen LogP contribution in [0.4, 0.5) is 5.69 Å². The van der Waals surface area contributed by atoms with E-state index in [4.69, 9.17) is 5.73 Å². The Kier molecular flexibility index (Phi) is 5.25. The number of anilines is 1. The predicted octanol–water partition coefficient (Wildman–Crippen LogP) is 1.38. The molecule has 1 aliphatic carbocycles. The molecule has 0 radical (unpaired) electrons. The molecule has 1 saturated heterocycles. The quantitative estimate of drug-likeness (QED) is 0.709. The Bertz CT molecular complexity index is 914. The maximum Gasteiger partial charge on any atom is 0.271 e. The monoisotopic (exact) mass is 379 g/mol. The van der Waals surface area contributed by atoms with Gasteiger partial charge in [0, 0.05) is 50.2 Å². The Labute approximate surface area is 163 Å². The maximum absolute atomic E-state index is 12.6. The van der Waals surface area contributed by atoms with Crippen molar-refractivity contribution in [3.8, 4) is 11.3 Å². The number of likely N-dealkylation sites (tertiary alicyclic amines) is 1. The summed E-state index contributed by atoms with van der Waals surface area (Å²) >= 11 is 0. The molecule has 0 atom stereocenters. The molecule has 1 aliphatic heterocycles. The van der Waals surface area contributed by atoms with Crippen molar-refractivity contribution >= 4 is 11.6 Å². The zero-order valence-corrected chi connectivity index (χ0v) is 15.8. The van der Waals surface area contributed by atoms with Gasteiger partial charge in [-0.3, -0.25) is 14.6 Å². The molecule has 28 heavy (non-hydrogen) atoms. The van der Waals surface area contributed by atoms with E-state index in [9.17, 15) is 9.59 Å². The standard InChI is InChI=1S/C21H25N5O2/c22-8-3-5-20(27)25-13-17(14-25)26(12-15-6-7-15)19-10-16(11-24-21(19)28)18-4-1-2-9-23-18/h1-5,9-11,15,17H,6-8,12-14,22H2,(H,24,28)/b5-3+. The third kappa shape index (κ3) is 3.99. The van der Waals surface area contributed by atoms with Gasteiger partial charge in [-0.25, -0.2) is 0 Å². The van der Waals surface area contributed by atoms with Gasteiger partial charge in [0.2, 0.25) is 5.91 Å². The number of hydrogen-bond acceptors (Lipinski definition) is 5. The largest absolute Gasteiger partial charge is 0.360 e. The highest BCUT2D eigenvalue weighted by Gasteiger charge is 2.37. The molecule has 1 saturated carbocycles. The van der Waals surface area contributed by atoms with Crippen LogP contribution < -0.4 is 16.2 Å². The van der Waals surface area contributed by atoms with E-state index in [0.717, 1.165) is 17.8 Å². The van der Waals surface area contributed by atoms with Gasteiger partial charge < -0.3 is 20.5 Å². The Morgan fingerprint density at radius 2 is 2.18 bits per heavy atom. The molecule has 7 nitrogen and oxygen atoms in total. The Hall–Kier alpha value is -2.93. The number of H-pyrrole nitrogens is 1. The fraction of sp³-hybridized carbons (Fsp3) is 0.381. The van der Waals surface area contributed by atoms with Crippen molar-refractivity contribution in [3.63, 3.8) is 0 Å². The third-order valence-electron chi connectivity index (χ3n) is 5.32. The number of pyridine rings is 2. The molecule has 0 aromatic carbocycles. The SMILES string of the molecule is NC/C=C/C(=O)N1CC(N(CC2CC2)c2cc(-c3ccccn3)c[nH]c2=O)C1. The first-order valence-corrected chi connectivity index (χ1v) is 9.72. The van der Waals surface area contributed by atoms with E-state index < -0.39 is 0 Å². The summed E-state index contributed by atoms with van der Waals surface area (Å²) in [4.78, 5) is 36.0. The average Bonchev–Trinajstić information content (AvgIpc) is 3.50. The summed E-state index contributed by atoms with van der Waals surface area (Å²) in [5, 5.41) is 0. The first kappa shape index (κ1) is 18.4. The minimum absolute atomic E-state index is 0.0239. The summed E-state index contributed by atoms with van der Waals surface area (Å²) in [6, 6.07) is 7.79. The van der Waals surface area contributed by atoms with Gasteiger partial charge in [-0.05, 0) is 37.0 Å². The molecule has 2 aromatic heterocycles. The van der Waals surface area contributed by atoms with E-state index in [-0.39, 0.29) is 17.5 Å². The van der Waals surface area contributed by atoms with Crippen molar-refractivity contribution in [2.45, 2.75) is 18.9 Å². The molecule has 1 amide bonds. The summed E-state index contributed by atoms with van der Waals surface area (Å²) in [5.74, 6) is 0.601. The first-order chi connectivity index (χ1) is 13.7. The van der Waals surface area contributed by atoms with Gasteiger partial charge in [0.15, 0.2) is 0 Å². The minimum Gasteiger partial charge on any atom is -0.360 e. The van der Waals surface area contributed by atoms with Gasteiger partial charge in [0.1, 0.15) is 5.69 Å². The van der Waals surface area contributed by atoms with Crippen molar-refractivity contribution in [3.05, 3.63) is 59.2 Å². The summed E-state index contributed by atoms with van der Waals surface area (Å²) in [7, 11) is 0. The number of rotatable bonds is 7. The number of amides is 1. The molecule has 2 aliphatic rings. The van der Waals surface area contributed by atoms with E-state index in [2.05, 4.69) is 14.9 Å². The molecule has 7 heteroatoms. The number of aromatic nitrogens is 2. The van der Waals surface area contributed by atoms with Crippen LogP contribution in [0.2, 0.25) is 0 Å². The highest BCUT2D eigenvalue weighted by atomic mass is 16.2. The molecular formula is C21H25N5O2. The minimum atomic E-state index is -0.104. The van der Waals surface area contributed by atoms with Gasteiger partial charge in [-0.15, -0.1) is 0 Å². The predicted molar refractivity (Wildman–Crippen MR) is 109 cm³/mol. The van der Waals surface area contributed by atoms with Gasteiger partial charge >= 0.3 is 0 Å². The molecule has 0 unspecified atom stereocenters. The Balaban J connectivity index is 1.56. The fourth-order valence-corrected chi connectivity index (χ4v) is 3.50. The second kappa shape index (κ2) is 7.98. The van der Waals surface area contributed by atoms with Crippen LogP contribution >= 0.6 is 0 Å². The van der Waals surface area contributed by atoms with Crippen LogP contribution in [0, 0.1) is 5.92 Å². The van der Waals surface area contributed by atoms with E-state index in [1.165, 1.54) is 18.9 Å². The number of nitrogens with two attached hydrogens (primary N) is 1. The smallest absolute Gasteiger partial charge is 0.271 e. The number of hydrogen-bond donors (Lipinski definition) is 2. The van der Waals surface area contributed by atoms with Crippen LogP contribution in [-0.4, -0.2) is 53.0 Å². The van der Waals surface area contributed by atoms with Crippen molar-refractivity contribution < 1.29 is 4.79 Å². The molecule has 0 spiro atoms. The van der Waals surface area contributed by atoms with Gasteiger partial charge in [0.25, 0.3) is 5.56 Å².